The van der Waals surface area contributed by atoms with Gasteiger partial charge < -0.3 is 11.1 Å². The van der Waals surface area contributed by atoms with E-state index >= 15 is 0 Å². The van der Waals surface area contributed by atoms with E-state index in [9.17, 15) is 4.79 Å². The van der Waals surface area contributed by atoms with Crippen LogP contribution in [0.4, 0.5) is 11.4 Å². The van der Waals surface area contributed by atoms with Gasteiger partial charge in [0.05, 0.1) is 0 Å². The number of amides is 1. The van der Waals surface area contributed by atoms with Gasteiger partial charge in [0.1, 0.15) is 6.54 Å². The van der Waals surface area contributed by atoms with E-state index in [1.165, 1.54) is 4.80 Å². The maximum atomic E-state index is 12.1. The Morgan fingerprint density at radius 1 is 1.17 bits per heavy atom. The molecule has 0 aliphatic carbocycles. The number of anilines is 2. The smallest absolute Gasteiger partial charge is 0.248 e. The van der Waals surface area contributed by atoms with Crippen LogP contribution in [-0.4, -0.2) is 26.1 Å². The Balaban J connectivity index is 1.71. The van der Waals surface area contributed by atoms with Crippen LogP contribution in [-0.2, 0) is 11.3 Å². The zero-order valence-electron chi connectivity index (χ0n) is 12.6. The minimum absolute atomic E-state index is 0.0198. The van der Waals surface area contributed by atoms with E-state index in [-0.39, 0.29) is 12.5 Å². The molecule has 7 nitrogen and oxygen atoms in total. The molecule has 0 radical (unpaired) electrons. The van der Waals surface area contributed by atoms with Crippen molar-refractivity contribution in [3.8, 4) is 11.4 Å². The number of aryl methyl sites for hydroxylation is 1. The van der Waals surface area contributed by atoms with Crippen LogP contribution in [0.5, 0.6) is 0 Å². The van der Waals surface area contributed by atoms with E-state index in [1.54, 1.807) is 6.07 Å². The number of nitrogens with one attached hydrogen (secondary N) is 1. The van der Waals surface area contributed by atoms with Gasteiger partial charge in [-0.25, -0.2) is 0 Å². The van der Waals surface area contributed by atoms with Crippen LogP contribution in [0.2, 0.25) is 0 Å². The van der Waals surface area contributed by atoms with Gasteiger partial charge in [0.15, 0.2) is 0 Å². The summed E-state index contributed by atoms with van der Waals surface area (Å²) >= 11 is 0. The molecule has 0 aliphatic rings. The first-order valence-electron chi connectivity index (χ1n) is 7.11. The molecule has 0 atom stereocenters. The number of carbonyl (C=O) groups excluding carboxylic acids is 1. The van der Waals surface area contributed by atoms with E-state index in [0.29, 0.717) is 17.1 Å². The molecule has 3 N–H and O–H groups in total. The molecule has 7 heteroatoms. The Morgan fingerprint density at radius 2 is 1.91 bits per heavy atom. The first-order valence-corrected chi connectivity index (χ1v) is 7.11. The third kappa shape index (κ3) is 3.34. The van der Waals surface area contributed by atoms with Crippen molar-refractivity contribution in [1.82, 2.24) is 20.2 Å². The predicted molar refractivity (Wildman–Crippen MR) is 87.5 cm³/mol. The molecule has 0 saturated carbocycles. The fourth-order valence-corrected chi connectivity index (χ4v) is 2.15. The second-order valence-electron chi connectivity index (χ2n) is 5.09. The van der Waals surface area contributed by atoms with Crippen molar-refractivity contribution in [2.45, 2.75) is 13.5 Å². The van der Waals surface area contributed by atoms with Gasteiger partial charge in [-0.15, -0.1) is 10.2 Å². The fourth-order valence-electron chi connectivity index (χ4n) is 2.15. The Bertz CT molecular complexity index is 842. The lowest BCUT2D eigenvalue weighted by Crippen LogP contribution is -2.20. The molecule has 1 heterocycles. The number of nitrogen functional groups attached to an aromatic ring is 1. The molecule has 116 valence electrons. The van der Waals surface area contributed by atoms with Crippen molar-refractivity contribution < 1.29 is 4.79 Å². The molecular weight excluding hydrogens is 292 g/mol. The zero-order chi connectivity index (χ0) is 16.2. The van der Waals surface area contributed by atoms with E-state index < -0.39 is 0 Å². The van der Waals surface area contributed by atoms with Crippen LogP contribution in [0.25, 0.3) is 11.4 Å². The molecule has 0 fully saturated rings. The SMILES string of the molecule is Cc1ccccc1NC(=O)Cn1nnc(-c2ccccc2N)n1. The van der Waals surface area contributed by atoms with Gasteiger partial charge in [-0.05, 0) is 35.9 Å². The fraction of sp³-hybridized carbons (Fsp3) is 0.125. The highest BCUT2D eigenvalue weighted by atomic mass is 16.2. The average Bonchev–Trinajstić information content (AvgIpc) is 2.98. The number of para-hydroxylation sites is 2. The number of aromatic nitrogens is 4. The molecule has 1 amide bonds. The quantitative estimate of drug-likeness (QED) is 0.717. The van der Waals surface area contributed by atoms with Crippen molar-refractivity contribution in [3.05, 3.63) is 54.1 Å². The molecule has 0 bridgehead atoms. The summed E-state index contributed by atoms with van der Waals surface area (Å²) < 4.78 is 0. The molecule has 0 spiro atoms. The predicted octanol–water partition coefficient (Wildman–Crippen LogP) is 1.87. The Kier molecular flexibility index (Phi) is 4.01. The average molecular weight is 308 g/mol. The first kappa shape index (κ1) is 14.7. The van der Waals surface area contributed by atoms with Gasteiger partial charge in [-0.3, -0.25) is 4.79 Å². The number of carbonyl (C=O) groups is 1. The second-order valence-corrected chi connectivity index (χ2v) is 5.09. The van der Waals surface area contributed by atoms with Crippen molar-refractivity contribution >= 4 is 17.3 Å². The third-order valence-corrected chi connectivity index (χ3v) is 3.36. The van der Waals surface area contributed by atoms with Crippen LogP contribution >= 0.6 is 0 Å². The van der Waals surface area contributed by atoms with Gasteiger partial charge in [0.25, 0.3) is 0 Å². The largest absolute Gasteiger partial charge is 0.398 e. The summed E-state index contributed by atoms with van der Waals surface area (Å²) in [6.07, 6.45) is 0. The Hall–Kier alpha value is -3.22. The summed E-state index contributed by atoms with van der Waals surface area (Å²) in [6, 6.07) is 14.8. The molecule has 3 aromatic rings. The molecule has 1 aromatic heterocycles. The number of nitrogens with two attached hydrogens (primary N) is 1. The highest BCUT2D eigenvalue weighted by molar-refractivity contribution is 5.91. The van der Waals surface area contributed by atoms with Gasteiger partial charge >= 0.3 is 0 Å². The summed E-state index contributed by atoms with van der Waals surface area (Å²) in [5.74, 6) is 0.177. The normalized spacial score (nSPS) is 10.5. The third-order valence-electron chi connectivity index (χ3n) is 3.36. The summed E-state index contributed by atoms with van der Waals surface area (Å²) in [5.41, 5.74) is 8.90. The minimum Gasteiger partial charge on any atom is -0.398 e. The van der Waals surface area contributed by atoms with Gasteiger partial charge in [0.2, 0.25) is 11.7 Å². The van der Waals surface area contributed by atoms with Crippen molar-refractivity contribution in [1.29, 1.82) is 0 Å². The molecular formula is C16H16N6O. The Morgan fingerprint density at radius 3 is 2.70 bits per heavy atom. The highest BCUT2D eigenvalue weighted by Crippen LogP contribution is 2.20. The number of hydrogen-bond acceptors (Lipinski definition) is 5. The summed E-state index contributed by atoms with van der Waals surface area (Å²) in [6.45, 7) is 1.91. The zero-order valence-corrected chi connectivity index (χ0v) is 12.6. The molecule has 2 aromatic carbocycles. The monoisotopic (exact) mass is 308 g/mol. The minimum atomic E-state index is -0.218. The van der Waals surface area contributed by atoms with Gasteiger partial charge in [-0.2, -0.15) is 4.80 Å². The number of benzene rings is 2. The van der Waals surface area contributed by atoms with E-state index in [1.807, 2.05) is 49.4 Å². The van der Waals surface area contributed by atoms with Crippen LogP contribution in [0, 0.1) is 6.92 Å². The standard InChI is InChI=1S/C16H16N6O/c1-11-6-2-5-9-14(11)18-15(23)10-22-20-16(19-21-22)12-7-3-4-8-13(12)17/h2-9H,10,17H2,1H3,(H,18,23). The first-order chi connectivity index (χ1) is 11.1. The Labute approximate surface area is 133 Å². The van der Waals surface area contributed by atoms with E-state index in [0.717, 1.165) is 11.3 Å². The van der Waals surface area contributed by atoms with Crippen molar-refractivity contribution in [2.75, 3.05) is 11.1 Å². The van der Waals surface area contributed by atoms with Crippen LogP contribution in [0.1, 0.15) is 5.56 Å². The topological polar surface area (TPSA) is 98.7 Å². The number of hydrogen-bond donors (Lipinski definition) is 2. The lowest BCUT2D eigenvalue weighted by Gasteiger charge is -2.07. The number of rotatable bonds is 4. The molecule has 0 saturated heterocycles. The van der Waals surface area contributed by atoms with E-state index in [2.05, 4.69) is 20.7 Å². The second kappa shape index (κ2) is 6.27. The van der Waals surface area contributed by atoms with Crippen LogP contribution in [0.15, 0.2) is 48.5 Å². The van der Waals surface area contributed by atoms with Crippen LogP contribution < -0.4 is 11.1 Å². The van der Waals surface area contributed by atoms with Crippen molar-refractivity contribution in [3.63, 3.8) is 0 Å². The van der Waals surface area contributed by atoms with E-state index in [4.69, 9.17) is 5.73 Å². The maximum absolute atomic E-state index is 12.1. The van der Waals surface area contributed by atoms with Crippen LogP contribution in [0.3, 0.4) is 0 Å². The number of nitrogens with zero attached hydrogens (tertiary/aromatic N) is 4. The molecule has 0 aliphatic heterocycles. The van der Waals surface area contributed by atoms with Gasteiger partial charge in [-0.1, -0.05) is 30.3 Å². The maximum Gasteiger partial charge on any atom is 0.248 e. The van der Waals surface area contributed by atoms with Gasteiger partial charge in [0, 0.05) is 16.9 Å². The molecule has 0 unspecified atom stereocenters. The molecule has 3 rings (SSSR count). The highest BCUT2D eigenvalue weighted by Gasteiger charge is 2.11. The molecule has 23 heavy (non-hydrogen) atoms. The summed E-state index contributed by atoms with van der Waals surface area (Å²) in [7, 11) is 0. The van der Waals surface area contributed by atoms with Crippen molar-refractivity contribution in [2.24, 2.45) is 0 Å². The summed E-state index contributed by atoms with van der Waals surface area (Å²) in [4.78, 5) is 13.3. The number of tetrazole rings is 1. The summed E-state index contributed by atoms with van der Waals surface area (Å²) in [5, 5.41) is 14.9. The lowest BCUT2D eigenvalue weighted by atomic mass is 10.2. The lowest BCUT2D eigenvalue weighted by molar-refractivity contribution is -0.117.